The van der Waals surface area contributed by atoms with E-state index in [1.54, 1.807) is 0 Å². The van der Waals surface area contributed by atoms with Gasteiger partial charge in [0.15, 0.2) is 6.61 Å². The first-order chi connectivity index (χ1) is 14.5. The molecule has 1 unspecified atom stereocenters. The minimum Gasteiger partial charge on any atom is -0.483 e. The van der Waals surface area contributed by atoms with Crippen molar-refractivity contribution < 1.29 is 51.5 Å². The Balaban J connectivity index is 1.71. The van der Waals surface area contributed by atoms with Crippen molar-refractivity contribution in [1.82, 2.24) is 15.7 Å². The van der Waals surface area contributed by atoms with Gasteiger partial charge in [0, 0.05) is 6.42 Å². The Kier molecular flexibility index (Phi) is 5.64. The fraction of sp³-hybridized carbons (Fsp3) is 0.294. The summed E-state index contributed by atoms with van der Waals surface area (Å²) in [5.41, 5.74) is 0.842. The summed E-state index contributed by atoms with van der Waals surface area (Å²) in [6, 6.07) is 2.59. The van der Waals surface area contributed by atoms with Gasteiger partial charge in [0.05, 0.1) is 11.1 Å². The zero-order valence-corrected chi connectivity index (χ0v) is 15.3. The molecule has 0 radical (unpaired) electrons. The van der Waals surface area contributed by atoms with E-state index in [1.807, 2.05) is 5.32 Å². The van der Waals surface area contributed by atoms with Crippen LogP contribution in [0, 0.1) is 0 Å². The highest BCUT2D eigenvalue weighted by molar-refractivity contribution is 6.24. The largest absolute Gasteiger partial charge is 0.493 e. The summed E-state index contributed by atoms with van der Waals surface area (Å²) in [6.07, 6.45) is -5.47. The molecule has 1 atom stereocenters. The van der Waals surface area contributed by atoms with Crippen LogP contribution < -0.4 is 15.5 Å². The molecule has 2 aliphatic rings. The highest BCUT2D eigenvalue weighted by Gasteiger charge is 2.46. The molecule has 5 amide bonds. The van der Waals surface area contributed by atoms with Crippen LogP contribution in [0.2, 0.25) is 0 Å². The number of amides is 5. The molecule has 3 rings (SSSR count). The third kappa shape index (κ3) is 4.31. The van der Waals surface area contributed by atoms with E-state index < -0.39 is 54.3 Å². The van der Waals surface area contributed by atoms with Crippen LogP contribution in [0.5, 0.6) is 5.75 Å². The van der Waals surface area contributed by atoms with Gasteiger partial charge < -0.3 is 9.57 Å². The Morgan fingerprint density at radius 3 is 2.52 bits per heavy atom. The molecule has 0 saturated carbocycles. The van der Waals surface area contributed by atoms with Crippen LogP contribution in [0.25, 0.3) is 0 Å². The van der Waals surface area contributed by atoms with E-state index in [1.165, 1.54) is 23.7 Å². The monoisotopic (exact) mass is 443 g/mol. The Morgan fingerprint density at radius 1 is 1.16 bits per heavy atom. The van der Waals surface area contributed by atoms with Crippen LogP contribution in [-0.4, -0.2) is 59.2 Å². The molecule has 1 aromatic carbocycles. The van der Waals surface area contributed by atoms with Gasteiger partial charge in [0.25, 0.3) is 17.7 Å². The number of piperidine rings is 1. The second-order valence-electron chi connectivity index (χ2n) is 6.33. The van der Waals surface area contributed by atoms with Crippen LogP contribution in [0.1, 0.15) is 33.6 Å². The van der Waals surface area contributed by atoms with Crippen molar-refractivity contribution in [1.29, 1.82) is 0 Å². The van der Waals surface area contributed by atoms with E-state index in [0.717, 1.165) is 0 Å². The number of hydrogen-bond acceptors (Lipinski definition) is 8. The summed E-state index contributed by atoms with van der Waals surface area (Å²) in [4.78, 5) is 75.1. The van der Waals surface area contributed by atoms with Gasteiger partial charge in [-0.3, -0.25) is 34.2 Å². The minimum absolute atomic E-state index is 0.0701. The molecule has 14 heteroatoms. The molecule has 1 aromatic rings. The van der Waals surface area contributed by atoms with Crippen molar-refractivity contribution >= 4 is 35.5 Å². The molecule has 11 nitrogen and oxygen atoms in total. The van der Waals surface area contributed by atoms with E-state index in [4.69, 9.17) is 4.74 Å². The van der Waals surface area contributed by atoms with Crippen molar-refractivity contribution in [3.8, 4) is 5.75 Å². The van der Waals surface area contributed by atoms with E-state index >= 15 is 0 Å². The number of carbonyl (C=O) groups excluding carboxylic acids is 6. The Labute approximate surface area is 170 Å². The van der Waals surface area contributed by atoms with Crippen LogP contribution in [0.3, 0.4) is 0 Å². The molecular weight excluding hydrogens is 431 g/mol. The number of halogens is 3. The third-order valence-electron chi connectivity index (χ3n) is 4.28. The summed E-state index contributed by atoms with van der Waals surface area (Å²) >= 11 is 0. The number of benzene rings is 1. The number of fused-ring (bicyclic) bond motifs is 1. The van der Waals surface area contributed by atoms with Crippen molar-refractivity contribution in [3.05, 3.63) is 29.3 Å². The molecule has 2 aliphatic heterocycles. The number of carbonyl (C=O) groups is 6. The highest BCUT2D eigenvalue weighted by atomic mass is 19.4. The van der Waals surface area contributed by atoms with Crippen LogP contribution in [-0.2, 0) is 24.0 Å². The standard InChI is InChI=1S/C17H12F3N3O8/c18-17(19,20)16(29)31-22-11(25)6-30-9-3-1-2-7-12(9)15(28)23(14(7)27)8-4-5-10(24)21-13(8)26/h1-3,8H,4-6H2,(H,22,25)(H,21,24,26). The molecule has 1 saturated heterocycles. The zero-order valence-electron chi connectivity index (χ0n) is 15.3. The van der Waals surface area contributed by atoms with Crippen LogP contribution in [0.4, 0.5) is 13.2 Å². The maximum absolute atomic E-state index is 12.8. The van der Waals surface area contributed by atoms with Crippen molar-refractivity contribution in [3.63, 3.8) is 0 Å². The lowest BCUT2D eigenvalue weighted by molar-refractivity contribution is -0.207. The SMILES string of the molecule is O=C(COc1cccc2c1C(=O)N(C1CCC(=O)NC1=O)C2=O)NOC(=O)C(F)(F)F. The molecule has 0 bridgehead atoms. The topological polar surface area (TPSA) is 148 Å². The van der Waals surface area contributed by atoms with Gasteiger partial charge in [-0.25, -0.2) is 4.79 Å². The second-order valence-corrected chi connectivity index (χ2v) is 6.33. The maximum atomic E-state index is 12.8. The first kappa shape index (κ1) is 21.7. The Morgan fingerprint density at radius 2 is 1.87 bits per heavy atom. The number of nitrogens with one attached hydrogen (secondary N) is 2. The molecule has 2 N–H and O–H groups in total. The molecule has 31 heavy (non-hydrogen) atoms. The maximum Gasteiger partial charge on any atom is 0.493 e. The second kappa shape index (κ2) is 8.04. The quantitative estimate of drug-likeness (QED) is 0.472. The Bertz CT molecular complexity index is 1010. The van der Waals surface area contributed by atoms with Crippen LogP contribution in [0.15, 0.2) is 18.2 Å². The lowest BCUT2D eigenvalue weighted by atomic mass is 10.0. The number of hydrogen-bond donors (Lipinski definition) is 2. The van der Waals surface area contributed by atoms with Crippen LogP contribution >= 0.6 is 0 Å². The molecule has 2 heterocycles. The average molecular weight is 443 g/mol. The minimum atomic E-state index is -5.32. The first-order valence-electron chi connectivity index (χ1n) is 8.55. The predicted molar refractivity (Wildman–Crippen MR) is 88.9 cm³/mol. The lowest BCUT2D eigenvalue weighted by Gasteiger charge is -2.27. The van der Waals surface area contributed by atoms with Gasteiger partial charge in [-0.15, -0.1) is 0 Å². The summed E-state index contributed by atoms with van der Waals surface area (Å²) in [5, 5.41) is 2.03. The smallest absolute Gasteiger partial charge is 0.483 e. The number of nitrogens with zero attached hydrogens (tertiary/aromatic N) is 1. The summed E-state index contributed by atoms with van der Waals surface area (Å²) < 4.78 is 41.2. The van der Waals surface area contributed by atoms with Gasteiger partial charge in [-0.05, 0) is 18.6 Å². The fourth-order valence-corrected chi connectivity index (χ4v) is 2.94. The van der Waals surface area contributed by atoms with E-state index in [9.17, 15) is 41.9 Å². The number of alkyl halides is 3. The first-order valence-corrected chi connectivity index (χ1v) is 8.55. The number of imide groups is 2. The summed E-state index contributed by atoms with van der Waals surface area (Å²) in [7, 11) is 0. The number of hydroxylamine groups is 1. The number of rotatable bonds is 4. The molecule has 0 aliphatic carbocycles. The summed E-state index contributed by atoms with van der Waals surface area (Å²) in [5.74, 6) is -7.28. The normalized spacial score (nSPS) is 18.4. The molecule has 0 spiro atoms. The van der Waals surface area contributed by atoms with E-state index in [-0.39, 0.29) is 29.7 Å². The van der Waals surface area contributed by atoms with Gasteiger partial charge in [-0.2, -0.15) is 18.7 Å². The summed E-state index contributed by atoms with van der Waals surface area (Å²) in [6.45, 7) is -0.957. The number of ether oxygens (including phenoxy) is 1. The predicted octanol–water partition coefficient (Wildman–Crippen LogP) is -0.397. The van der Waals surface area contributed by atoms with Gasteiger partial charge in [0.2, 0.25) is 11.8 Å². The van der Waals surface area contributed by atoms with E-state index in [0.29, 0.717) is 4.90 Å². The van der Waals surface area contributed by atoms with Crippen molar-refractivity contribution in [2.24, 2.45) is 0 Å². The van der Waals surface area contributed by atoms with E-state index in [2.05, 4.69) is 4.84 Å². The average Bonchev–Trinajstić information content (AvgIpc) is 2.95. The highest BCUT2D eigenvalue weighted by Crippen LogP contribution is 2.33. The molecule has 1 fully saturated rings. The molecule has 164 valence electrons. The van der Waals surface area contributed by atoms with Gasteiger partial charge in [0.1, 0.15) is 11.8 Å². The van der Waals surface area contributed by atoms with Gasteiger partial charge >= 0.3 is 12.1 Å². The van der Waals surface area contributed by atoms with Gasteiger partial charge in [-0.1, -0.05) is 6.07 Å². The molecular formula is C17H12F3N3O8. The fourth-order valence-electron chi connectivity index (χ4n) is 2.94. The Hall–Kier alpha value is -3.97. The zero-order chi connectivity index (χ0) is 22.9. The lowest BCUT2D eigenvalue weighted by Crippen LogP contribution is -2.54. The molecule has 0 aromatic heterocycles. The van der Waals surface area contributed by atoms with Crippen molar-refractivity contribution in [2.45, 2.75) is 25.1 Å². The third-order valence-corrected chi connectivity index (χ3v) is 4.28. The van der Waals surface area contributed by atoms with Crippen molar-refractivity contribution in [2.75, 3.05) is 6.61 Å².